The van der Waals surface area contributed by atoms with Gasteiger partial charge < -0.3 is 5.32 Å². The summed E-state index contributed by atoms with van der Waals surface area (Å²) in [4.78, 5) is 18.1. The van der Waals surface area contributed by atoms with E-state index in [0.717, 1.165) is 23.2 Å². The Morgan fingerprint density at radius 1 is 1.21 bits per heavy atom. The van der Waals surface area contributed by atoms with Crippen molar-refractivity contribution < 1.29 is 4.79 Å². The molecule has 150 valence electrons. The third kappa shape index (κ3) is 2.65. The fraction of sp³-hybridized carbons (Fsp3) is 0.417. The fourth-order valence-corrected chi connectivity index (χ4v) is 5.88. The Kier molecular flexibility index (Phi) is 4.08. The minimum absolute atomic E-state index is 0.103. The Morgan fingerprint density at radius 2 is 2.03 bits per heavy atom. The predicted octanol–water partition coefficient (Wildman–Crippen LogP) is 5.60. The number of nitrogens with one attached hydrogen (secondary N) is 1. The second-order valence-corrected chi connectivity index (χ2v) is 9.82. The number of amides is 1. The second-order valence-electron chi connectivity index (χ2n) is 9.39. The molecule has 0 saturated heterocycles. The van der Waals surface area contributed by atoms with Crippen molar-refractivity contribution in [3.8, 4) is 11.3 Å². The molecule has 0 aliphatic heterocycles. The zero-order valence-corrected chi connectivity index (χ0v) is 17.8. The standard InChI is InChI=1S/C24H26ClN3O/c1-23(2)16-10-11-24(23,3)19(14-16)26-22(29)21-27-20(15-7-6-8-17(25)13-15)18-9-4-5-12-28(18)21/h4-9,12-13,16,19H,10-11,14H2,1-3H3,(H,26,29)/t16?,19-,24-/m0/s1. The molecule has 2 aliphatic carbocycles. The Bertz CT molecular complexity index is 1120. The first kappa shape index (κ1) is 18.7. The molecule has 2 aromatic heterocycles. The second kappa shape index (κ2) is 6.33. The minimum atomic E-state index is -0.103. The fourth-order valence-electron chi connectivity index (χ4n) is 5.69. The highest BCUT2D eigenvalue weighted by Crippen LogP contribution is 2.65. The molecule has 2 bridgehead atoms. The van der Waals surface area contributed by atoms with Crippen LogP contribution in [0.3, 0.4) is 0 Å². The molecule has 4 nitrogen and oxygen atoms in total. The molecule has 5 heteroatoms. The number of carbonyl (C=O) groups excluding carboxylic acids is 1. The van der Waals surface area contributed by atoms with E-state index in [1.807, 2.05) is 53.1 Å². The van der Waals surface area contributed by atoms with Crippen molar-refractivity contribution in [2.75, 3.05) is 0 Å². The molecule has 3 atom stereocenters. The van der Waals surface area contributed by atoms with E-state index in [-0.39, 0.29) is 22.8 Å². The largest absolute Gasteiger partial charge is 0.346 e. The lowest BCUT2D eigenvalue weighted by Gasteiger charge is -2.39. The highest BCUT2D eigenvalue weighted by Gasteiger charge is 2.61. The maximum atomic E-state index is 13.3. The molecular weight excluding hydrogens is 382 g/mol. The van der Waals surface area contributed by atoms with Crippen LogP contribution < -0.4 is 5.32 Å². The lowest BCUT2D eigenvalue weighted by atomic mass is 9.69. The van der Waals surface area contributed by atoms with Gasteiger partial charge in [-0.05, 0) is 60.3 Å². The maximum absolute atomic E-state index is 13.3. The SMILES string of the molecule is CC1(C)C2CC[C@@]1(C)[C@@H](NC(=O)c1nc(-c3cccc(Cl)c3)c3ccccn13)C2. The Hall–Kier alpha value is -2.33. The van der Waals surface area contributed by atoms with E-state index in [9.17, 15) is 4.79 Å². The average Bonchev–Trinajstić information content (AvgIpc) is 3.24. The monoisotopic (exact) mass is 407 g/mol. The molecule has 1 N–H and O–H groups in total. The van der Waals surface area contributed by atoms with Gasteiger partial charge in [-0.3, -0.25) is 9.20 Å². The number of halogens is 1. The summed E-state index contributed by atoms with van der Waals surface area (Å²) in [5, 5.41) is 4.00. The van der Waals surface area contributed by atoms with E-state index in [1.54, 1.807) is 0 Å². The minimum Gasteiger partial charge on any atom is -0.346 e. The van der Waals surface area contributed by atoms with Crippen LogP contribution in [-0.2, 0) is 0 Å². The number of pyridine rings is 1. The third-order valence-corrected chi connectivity index (χ3v) is 8.18. The van der Waals surface area contributed by atoms with Gasteiger partial charge in [0.2, 0.25) is 5.82 Å². The van der Waals surface area contributed by atoms with E-state index < -0.39 is 0 Å². The molecule has 0 radical (unpaired) electrons. The predicted molar refractivity (Wildman–Crippen MR) is 116 cm³/mol. The van der Waals surface area contributed by atoms with Crippen molar-refractivity contribution in [3.05, 3.63) is 59.5 Å². The first-order chi connectivity index (χ1) is 13.8. The molecule has 2 fully saturated rings. The van der Waals surface area contributed by atoms with Crippen LogP contribution in [0.25, 0.3) is 16.8 Å². The van der Waals surface area contributed by atoms with Gasteiger partial charge >= 0.3 is 0 Å². The number of nitrogens with zero attached hydrogens (tertiary/aromatic N) is 2. The number of benzene rings is 1. The summed E-state index contributed by atoms with van der Waals surface area (Å²) in [5.41, 5.74) is 2.98. The molecule has 29 heavy (non-hydrogen) atoms. The smallest absolute Gasteiger partial charge is 0.287 e. The van der Waals surface area contributed by atoms with Crippen molar-refractivity contribution >= 4 is 23.0 Å². The Labute approximate surface area is 176 Å². The van der Waals surface area contributed by atoms with Crippen molar-refractivity contribution in [2.45, 2.75) is 46.1 Å². The van der Waals surface area contributed by atoms with E-state index in [1.165, 1.54) is 12.8 Å². The highest BCUT2D eigenvalue weighted by molar-refractivity contribution is 6.30. The lowest BCUT2D eigenvalue weighted by molar-refractivity contribution is 0.0816. The summed E-state index contributed by atoms with van der Waals surface area (Å²) in [7, 11) is 0. The van der Waals surface area contributed by atoms with Crippen LogP contribution in [0.1, 0.15) is 50.7 Å². The summed E-state index contributed by atoms with van der Waals surface area (Å²) in [5.74, 6) is 1.01. The Morgan fingerprint density at radius 3 is 2.72 bits per heavy atom. The molecule has 2 aliphatic rings. The molecule has 2 saturated carbocycles. The molecule has 0 spiro atoms. The lowest BCUT2D eigenvalue weighted by Crippen LogP contribution is -2.47. The van der Waals surface area contributed by atoms with Crippen molar-refractivity contribution in [2.24, 2.45) is 16.7 Å². The van der Waals surface area contributed by atoms with Gasteiger partial charge in [0, 0.05) is 22.8 Å². The van der Waals surface area contributed by atoms with Gasteiger partial charge in [-0.15, -0.1) is 0 Å². The summed E-state index contributed by atoms with van der Waals surface area (Å²) in [6.07, 6.45) is 5.39. The normalized spacial score (nSPS) is 27.4. The van der Waals surface area contributed by atoms with Crippen LogP contribution in [0.4, 0.5) is 0 Å². The molecule has 3 aromatic rings. The van der Waals surface area contributed by atoms with Crippen molar-refractivity contribution in [1.29, 1.82) is 0 Å². The zero-order chi connectivity index (χ0) is 20.4. The quantitative estimate of drug-likeness (QED) is 0.614. The van der Waals surface area contributed by atoms with Gasteiger partial charge in [-0.2, -0.15) is 0 Å². The summed E-state index contributed by atoms with van der Waals surface area (Å²) in [6, 6.07) is 13.7. The topological polar surface area (TPSA) is 46.4 Å². The molecule has 1 unspecified atom stereocenters. The average molecular weight is 408 g/mol. The maximum Gasteiger partial charge on any atom is 0.287 e. The number of carbonyl (C=O) groups is 1. The number of aromatic nitrogens is 2. The van der Waals surface area contributed by atoms with E-state index in [4.69, 9.17) is 16.6 Å². The number of fused-ring (bicyclic) bond motifs is 3. The summed E-state index contributed by atoms with van der Waals surface area (Å²) < 4.78 is 1.88. The summed E-state index contributed by atoms with van der Waals surface area (Å²) >= 11 is 6.19. The molecule has 1 amide bonds. The Balaban J connectivity index is 1.52. The number of hydrogen-bond acceptors (Lipinski definition) is 2. The van der Waals surface area contributed by atoms with Gasteiger partial charge in [0.05, 0.1) is 11.2 Å². The van der Waals surface area contributed by atoms with Crippen LogP contribution in [-0.4, -0.2) is 21.3 Å². The third-order valence-electron chi connectivity index (χ3n) is 7.95. The first-order valence-corrected chi connectivity index (χ1v) is 10.7. The van der Waals surface area contributed by atoms with Crippen LogP contribution >= 0.6 is 11.6 Å². The molecular formula is C24H26ClN3O. The van der Waals surface area contributed by atoms with Gasteiger partial charge in [-0.25, -0.2) is 4.98 Å². The van der Waals surface area contributed by atoms with Gasteiger partial charge in [-0.1, -0.05) is 50.6 Å². The molecule has 2 heterocycles. The van der Waals surface area contributed by atoms with Crippen LogP contribution in [0.15, 0.2) is 48.7 Å². The highest BCUT2D eigenvalue weighted by atomic mass is 35.5. The van der Waals surface area contributed by atoms with Gasteiger partial charge in [0.1, 0.15) is 0 Å². The van der Waals surface area contributed by atoms with Crippen LogP contribution in [0.5, 0.6) is 0 Å². The van der Waals surface area contributed by atoms with Crippen LogP contribution in [0.2, 0.25) is 5.02 Å². The van der Waals surface area contributed by atoms with E-state index in [0.29, 0.717) is 16.8 Å². The van der Waals surface area contributed by atoms with E-state index >= 15 is 0 Å². The molecule has 5 rings (SSSR count). The van der Waals surface area contributed by atoms with Crippen LogP contribution in [0, 0.1) is 16.7 Å². The van der Waals surface area contributed by atoms with Gasteiger partial charge in [0.25, 0.3) is 5.91 Å². The van der Waals surface area contributed by atoms with E-state index in [2.05, 4.69) is 26.1 Å². The number of hydrogen-bond donors (Lipinski definition) is 1. The number of rotatable bonds is 3. The van der Waals surface area contributed by atoms with Gasteiger partial charge in [0.15, 0.2) is 0 Å². The first-order valence-electron chi connectivity index (χ1n) is 10.4. The number of imidazole rings is 1. The van der Waals surface area contributed by atoms with Crippen molar-refractivity contribution in [1.82, 2.24) is 14.7 Å². The zero-order valence-electron chi connectivity index (χ0n) is 17.1. The molecule has 1 aromatic carbocycles. The van der Waals surface area contributed by atoms with Crippen molar-refractivity contribution in [3.63, 3.8) is 0 Å². The summed E-state index contributed by atoms with van der Waals surface area (Å²) in [6.45, 7) is 7.06.